The molecule has 8 heteroatoms. The van der Waals surface area contributed by atoms with Crippen LogP contribution in [0.4, 0.5) is 5.82 Å². The average molecular weight is 401 g/mol. The standard InChI is InChI=1S/C20H23N3O4S/c1-5-27-20(26)17-10(2)15-18(22-12(4)23-19(15)28-17)21-11(3)16(25)13-6-8-14(24)9-7-13/h6-9,11,16,24-25H,5H2,1-4H3,(H,21,22,23)/t11-,16-/m1/s1. The molecule has 0 fully saturated rings. The normalized spacial score (nSPS) is 13.3. The summed E-state index contributed by atoms with van der Waals surface area (Å²) in [5.41, 5.74) is 1.43. The summed E-state index contributed by atoms with van der Waals surface area (Å²) in [6, 6.07) is 6.05. The molecule has 0 aliphatic carbocycles. The highest BCUT2D eigenvalue weighted by Gasteiger charge is 2.23. The number of carbonyl (C=O) groups excluding carboxylic acids is 1. The first-order valence-corrected chi connectivity index (χ1v) is 9.81. The van der Waals surface area contributed by atoms with Gasteiger partial charge in [-0.3, -0.25) is 0 Å². The fourth-order valence-electron chi connectivity index (χ4n) is 3.00. The lowest BCUT2D eigenvalue weighted by molar-refractivity contribution is 0.0531. The maximum atomic E-state index is 12.2. The minimum absolute atomic E-state index is 0.144. The highest BCUT2D eigenvalue weighted by atomic mass is 32.1. The first kappa shape index (κ1) is 20.0. The molecule has 7 nitrogen and oxygen atoms in total. The van der Waals surface area contributed by atoms with Gasteiger partial charge in [0.2, 0.25) is 0 Å². The molecule has 0 aliphatic heterocycles. The summed E-state index contributed by atoms with van der Waals surface area (Å²) in [5.74, 6) is 0.906. The number of nitrogens with zero attached hydrogens (tertiary/aromatic N) is 2. The minimum atomic E-state index is -0.811. The van der Waals surface area contributed by atoms with Gasteiger partial charge in [-0.25, -0.2) is 14.8 Å². The number of carbonyl (C=O) groups is 1. The Morgan fingerprint density at radius 3 is 2.57 bits per heavy atom. The molecule has 0 radical (unpaired) electrons. The fourth-order valence-corrected chi connectivity index (χ4v) is 4.12. The summed E-state index contributed by atoms with van der Waals surface area (Å²) in [4.78, 5) is 22.4. The van der Waals surface area contributed by atoms with Gasteiger partial charge in [-0.2, -0.15) is 0 Å². The van der Waals surface area contributed by atoms with E-state index in [0.717, 1.165) is 10.9 Å². The van der Waals surface area contributed by atoms with E-state index in [1.54, 1.807) is 26.0 Å². The molecule has 0 saturated heterocycles. The summed E-state index contributed by atoms with van der Waals surface area (Å²) >= 11 is 1.28. The Hall–Kier alpha value is -2.71. The topological polar surface area (TPSA) is 105 Å². The van der Waals surface area contributed by atoms with Crippen molar-refractivity contribution in [2.24, 2.45) is 0 Å². The Balaban J connectivity index is 1.95. The smallest absolute Gasteiger partial charge is 0.348 e. The maximum Gasteiger partial charge on any atom is 0.348 e. The first-order chi connectivity index (χ1) is 13.3. The van der Waals surface area contributed by atoms with Crippen molar-refractivity contribution in [2.75, 3.05) is 11.9 Å². The molecule has 1 aromatic carbocycles. The van der Waals surface area contributed by atoms with E-state index in [9.17, 15) is 15.0 Å². The largest absolute Gasteiger partial charge is 0.508 e. The molecule has 28 heavy (non-hydrogen) atoms. The second kappa shape index (κ2) is 8.12. The Bertz CT molecular complexity index is 1000. The number of rotatable bonds is 6. The van der Waals surface area contributed by atoms with E-state index in [1.165, 1.54) is 23.5 Å². The quantitative estimate of drug-likeness (QED) is 0.541. The van der Waals surface area contributed by atoms with Gasteiger partial charge in [0.15, 0.2) is 0 Å². The lowest BCUT2D eigenvalue weighted by atomic mass is 10.0. The number of aryl methyl sites for hydroxylation is 2. The Morgan fingerprint density at radius 1 is 1.25 bits per heavy atom. The van der Waals surface area contributed by atoms with E-state index in [-0.39, 0.29) is 17.8 Å². The molecule has 2 aromatic heterocycles. The fraction of sp³-hybridized carbons (Fsp3) is 0.350. The third kappa shape index (κ3) is 3.93. The van der Waals surface area contributed by atoms with Crippen molar-refractivity contribution in [3.8, 4) is 5.75 Å². The molecule has 2 heterocycles. The number of fused-ring (bicyclic) bond motifs is 1. The summed E-state index contributed by atoms with van der Waals surface area (Å²) in [7, 11) is 0. The van der Waals surface area contributed by atoms with Crippen LogP contribution in [0.2, 0.25) is 0 Å². The van der Waals surface area contributed by atoms with Crippen LogP contribution in [0.3, 0.4) is 0 Å². The molecule has 3 aromatic rings. The van der Waals surface area contributed by atoms with Crippen molar-refractivity contribution in [2.45, 2.75) is 39.8 Å². The Labute approximate surface area is 167 Å². The molecule has 3 N–H and O–H groups in total. The second-order valence-corrected chi connectivity index (χ2v) is 7.54. The zero-order valence-corrected chi connectivity index (χ0v) is 17.0. The summed E-state index contributed by atoms with van der Waals surface area (Å²) in [5, 5.41) is 24.1. The highest BCUT2D eigenvalue weighted by molar-refractivity contribution is 7.20. The number of thiophene rings is 1. The zero-order valence-electron chi connectivity index (χ0n) is 16.2. The van der Waals surface area contributed by atoms with E-state index >= 15 is 0 Å². The number of aromatic hydroxyl groups is 1. The summed E-state index contributed by atoms with van der Waals surface area (Å²) in [6.07, 6.45) is -0.811. The SMILES string of the molecule is CCOC(=O)c1sc2nc(C)nc(N[C@H](C)[C@@H](O)c3ccc(O)cc3)c2c1C. The third-order valence-corrected chi connectivity index (χ3v) is 5.60. The molecule has 148 valence electrons. The second-order valence-electron chi connectivity index (χ2n) is 6.55. The van der Waals surface area contributed by atoms with Gasteiger partial charge in [-0.1, -0.05) is 12.1 Å². The molecule has 0 saturated carbocycles. The molecule has 2 atom stereocenters. The van der Waals surface area contributed by atoms with Gasteiger partial charge in [0.05, 0.1) is 24.1 Å². The molecular formula is C20H23N3O4S. The van der Waals surface area contributed by atoms with Gasteiger partial charge in [0, 0.05) is 0 Å². The van der Waals surface area contributed by atoms with Crippen molar-refractivity contribution in [1.29, 1.82) is 0 Å². The van der Waals surface area contributed by atoms with Crippen LogP contribution in [0, 0.1) is 13.8 Å². The van der Waals surface area contributed by atoms with Crippen LogP contribution in [0.5, 0.6) is 5.75 Å². The van der Waals surface area contributed by atoms with E-state index in [1.807, 2.05) is 13.8 Å². The van der Waals surface area contributed by atoms with Crippen LogP contribution in [0.1, 0.15) is 46.6 Å². The van der Waals surface area contributed by atoms with Crippen LogP contribution in [0.15, 0.2) is 24.3 Å². The van der Waals surface area contributed by atoms with Crippen molar-refractivity contribution in [1.82, 2.24) is 9.97 Å². The van der Waals surface area contributed by atoms with E-state index < -0.39 is 6.10 Å². The predicted octanol–water partition coefficient (Wildman–Crippen LogP) is 3.72. The van der Waals surface area contributed by atoms with Gasteiger partial charge in [-0.15, -0.1) is 11.3 Å². The number of nitrogens with one attached hydrogen (secondary N) is 1. The number of aliphatic hydroxyl groups is 1. The van der Waals surface area contributed by atoms with Crippen molar-refractivity contribution >= 4 is 33.3 Å². The molecule has 0 bridgehead atoms. The first-order valence-electron chi connectivity index (χ1n) is 9.00. The molecule has 0 amide bonds. The summed E-state index contributed by atoms with van der Waals surface area (Å²) < 4.78 is 5.14. The van der Waals surface area contributed by atoms with Crippen LogP contribution in [0.25, 0.3) is 10.2 Å². The number of hydrogen-bond donors (Lipinski definition) is 3. The van der Waals surface area contributed by atoms with Gasteiger partial charge in [0.1, 0.15) is 27.1 Å². The number of esters is 1. The van der Waals surface area contributed by atoms with Gasteiger partial charge >= 0.3 is 5.97 Å². The number of aliphatic hydroxyl groups excluding tert-OH is 1. The Morgan fingerprint density at radius 2 is 1.93 bits per heavy atom. The number of aromatic nitrogens is 2. The molecule has 0 aliphatic rings. The summed E-state index contributed by atoms with van der Waals surface area (Å²) in [6.45, 7) is 7.54. The number of hydrogen-bond acceptors (Lipinski definition) is 8. The number of phenols is 1. The number of phenolic OH excluding ortho intramolecular Hbond substituents is 1. The molecule has 3 rings (SSSR count). The minimum Gasteiger partial charge on any atom is -0.508 e. The van der Waals surface area contributed by atoms with Crippen molar-refractivity contribution in [3.05, 3.63) is 46.1 Å². The number of anilines is 1. The van der Waals surface area contributed by atoms with E-state index in [2.05, 4.69) is 15.3 Å². The lowest BCUT2D eigenvalue weighted by Gasteiger charge is -2.22. The lowest BCUT2D eigenvalue weighted by Crippen LogP contribution is -2.25. The van der Waals surface area contributed by atoms with Crippen LogP contribution < -0.4 is 5.32 Å². The van der Waals surface area contributed by atoms with Crippen LogP contribution >= 0.6 is 11.3 Å². The van der Waals surface area contributed by atoms with Gasteiger partial charge in [0.25, 0.3) is 0 Å². The third-order valence-electron chi connectivity index (χ3n) is 4.44. The predicted molar refractivity (Wildman–Crippen MR) is 109 cm³/mol. The average Bonchev–Trinajstić information content (AvgIpc) is 2.98. The monoisotopic (exact) mass is 401 g/mol. The molecule has 0 spiro atoms. The van der Waals surface area contributed by atoms with Crippen LogP contribution in [-0.2, 0) is 4.74 Å². The maximum absolute atomic E-state index is 12.2. The van der Waals surface area contributed by atoms with Crippen molar-refractivity contribution in [3.63, 3.8) is 0 Å². The highest BCUT2D eigenvalue weighted by Crippen LogP contribution is 2.35. The van der Waals surface area contributed by atoms with Gasteiger partial charge in [-0.05, 0) is 51.0 Å². The zero-order chi connectivity index (χ0) is 20.4. The van der Waals surface area contributed by atoms with Crippen molar-refractivity contribution < 1.29 is 19.7 Å². The molecular weight excluding hydrogens is 378 g/mol. The van der Waals surface area contributed by atoms with Gasteiger partial charge < -0.3 is 20.3 Å². The Kier molecular flexibility index (Phi) is 5.81. The van der Waals surface area contributed by atoms with E-state index in [4.69, 9.17) is 4.74 Å². The molecule has 0 unspecified atom stereocenters. The van der Waals surface area contributed by atoms with Crippen LogP contribution in [-0.4, -0.2) is 38.8 Å². The van der Waals surface area contributed by atoms with E-state index in [0.29, 0.717) is 33.5 Å². The number of ether oxygens (including phenoxy) is 1. The number of benzene rings is 1.